The average Bonchev–Trinajstić information content (AvgIpc) is 3.39. The van der Waals surface area contributed by atoms with Crippen molar-refractivity contribution in [2.45, 2.75) is 237 Å². The van der Waals surface area contributed by atoms with Crippen LogP contribution in [0.15, 0.2) is 122 Å². The van der Waals surface area contributed by atoms with E-state index in [9.17, 15) is 34.5 Å². The summed E-state index contributed by atoms with van der Waals surface area (Å²) in [7, 11) is 0. The molecule has 0 saturated carbocycles. The molecule has 0 aliphatic carbocycles. The van der Waals surface area contributed by atoms with Crippen LogP contribution in [0.2, 0.25) is 0 Å². The third-order valence-corrected chi connectivity index (χ3v) is 12.0. The van der Waals surface area contributed by atoms with Crippen LogP contribution in [0.3, 0.4) is 0 Å². The Morgan fingerprint density at radius 3 is 1.33 bits per heavy atom. The van der Waals surface area contributed by atoms with Gasteiger partial charge in [-0.15, -0.1) is 0 Å². The predicted molar refractivity (Wildman–Crippen MR) is 303 cm³/mol. The maximum absolute atomic E-state index is 13.1. The third kappa shape index (κ3) is 40.1. The molecule has 0 aromatic carbocycles. The van der Waals surface area contributed by atoms with Crippen molar-refractivity contribution >= 4 is 23.9 Å². The number of hydrogen-bond donors (Lipinski definition) is 3. The van der Waals surface area contributed by atoms with Gasteiger partial charge >= 0.3 is 23.9 Å². The van der Waals surface area contributed by atoms with E-state index in [1.165, 1.54) is 12.8 Å². The van der Waals surface area contributed by atoms with E-state index in [4.69, 9.17) is 23.7 Å². The second-order valence-corrected chi connectivity index (χ2v) is 18.8. The van der Waals surface area contributed by atoms with Crippen LogP contribution >= 0.6 is 0 Å². The number of carbonyl (C=O) groups is 4. The molecule has 1 saturated heterocycles. The van der Waals surface area contributed by atoms with Gasteiger partial charge in [-0.1, -0.05) is 187 Å². The molecule has 0 amide bonds. The van der Waals surface area contributed by atoms with E-state index in [1.54, 1.807) is 0 Å². The molecular formula is C63H98O12. The zero-order chi connectivity index (χ0) is 54.7. The Labute approximate surface area is 452 Å². The van der Waals surface area contributed by atoms with Crippen LogP contribution in [0.5, 0.6) is 0 Å². The zero-order valence-electron chi connectivity index (χ0n) is 46.2. The topological polar surface area (TPSA) is 175 Å². The first-order valence-corrected chi connectivity index (χ1v) is 28.5. The van der Waals surface area contributed by atoms with Crippen LogP contribution in [0.4, 0.5) is 0 Å². The first-order valence-electron chi connectivity index (χ1n) is 28.5. The van der Waals surface area contributed by atoms with Crippen molar-refractivity contribution in [3.8, 4) is 0 Å². The van der Waals surface area contributed by atoms with Crippen molar-refractivity contribution in [2.24, 2.45) is 0 Å². The van der Waals surface area contributed by atoms with Gasteiger partial charge < -0.3 is 39.0 Å². The number of allylic oxidation sites excluding steroid dienone is 20. The lowest BCUT2D eigenvalue weighted by Crippen LogP contribution is -2.61. The summed E-state index contributed by atoms with van der Waals surface area (Å²) in [6.45, 7) is 5.65. The molecule has 422 valence electrons. The lowest BCUT2D eigenvalue weighted by Gasteiger charge is -2.40. The van der Waals surface area contributed by atoms with Gasteiger partial charge in [0.25, 0.3) is 0 Å². The van der Waals surface area contributed by atoms with Crippen molar-refractivity contribution in [1.82, 2.24) is 0 Å². The Morgan fingerprint density at radius 1 is 0.453 bits per heavy atom. The minimum atomic E-state index is -1.93. The van der Waals surface area contributed by atoms with Gasteiger partial charge in [0.2, 0.25) is 0 Å². The van der Waals surface area contributed by atoms with E-state index in [0.29, 0.717) is 25.7 Å². The van der Waals surface area contributed by atoms with Gasteiger partial charge in [0.05, 0.1) is 6.61 Å². The fourth-order valence-corrected chi connectivity index (χ4v) is 7.67. The highest BCUT2D eigenvalue weighted by atomic mass is 16.7. The number of unbranched alkanes of at least 4 members (excludes halogenated alkanes) is 12. The Hall–Kier alpha value is -4.88. The van der Waals surface area contributed by atoms with Gasteiger partial charge in [-0.2, -0.15) is 0 Å². The van der Waals surface area contributed by atoms with Gasteiger partial charge in [0.1, 0.15) is 18.8 Å². The van der Waals surface area contributed by atoms with Crippen molar-refractivity contribution in [3.05, 3.63) is 122 Å². The number of esters is 3. The van der Waals surface area contributed by atoms with E-state index in [0.717, 1.165) is 122 Å². The molecule has 75 heavy (non-hydrogen) atoms. The van der Waals surface area contributed by atoms with Crippen molar-refractivity contribution in [1.29, 1.82) is 0 Å². The van der Waals surface area contributed by atoms with Crippen LogP contribution in [0.1, 0.15) is 201 Å². The first kappa shape index (κ1) is 68.1. The molecule has 0 bridgehead atoms. The molecular weight excluding hydrogens is 949 g/mol. The Kier molecular flexibility index (Phi) is 45.4. The molecule has 12 nitrogen and oxygen atoms in total. The Bertz CT molecular complexity index is 1770. The largest absolute Gasteiger partial charge is 0.479 e. The monoisotopic (exact) mass is 1050 g/mol. The van der Waals surface area contributed by atoms with Crippen LogP contribution in [-0.2, 0) is 42.9 Å². The molecule has 0 aromatic rings. The second-order valence-electron chi connectivity index (χ2n) is 18.8. The lowest BCUT2D eigenvalue weighted by atomic mass is 9.98. The molecule has 12 heteroatoms. The normalized spacial score (nSPS) is 19.1. The highest BCUT2D eigenvalue weighted by Gasteiger charge is 2.50. The van der Waals surface area contributed by atoms with E-state index >= 15 is 0 Å². The van der Waals surface area contributed by atoms with Crippen molar-refractivity contribution in [3.63, 3.8) is 0 Å². The molecule has 0 radical (unpaired) electrons. The van der Waals surface area contributed by atoms with Crippen LogP contribution in [0.25, 0.3) is 0 Å². The molecule has 1 aliphatic heterocycles. The Morgan fingerprint density at radius 2 is 0.853 bits per heavy atom. The number of carboxylic acids is 1. The number of aliphatic carboxylic acids is 1. The molecule has 1 fully saturated rings. The maximum Gasteiger partial charge on any atom is 0.335 e. The van der Waals surface area contributed by atoms with E-state index in [2.05, 4.69) is 130 Å². The van der Waals surface area contributed by atoms with E-state index in [1.807, 2.05) is 12.2 Å². The third-order valence-electron chi connectivity index (χ3n) is 12.0. The fraction of sp³-hybridized carbons (Fsp3) is 0.619. The number of rotatable bonds is 46. The van der Waals surface area contributed by atoms with Gasteiger partial charge in [-0.05, 0) is 116 Å². The summed E-state index contributed by atoms with van der Waals surface area (Å²) in [6, 6.07) is 0. The van der Waals surface area contributed by atoms with Gasteiger partial charge in [0, 0.05) is 19.3 Å². The summed E-state index contributed by atoms with van der Waals surface area (Å²) in [5.41, 5.74) is 0. The van der Waals surface area contributed by atoms with Gasteiger partial charge in [-0.3, -0.25) is 14.4 Å². The fourth-order valence-electron chi connectivity index (χ4n) is 7.67. The Balaban J connectivity index is 2.75. The van der Waals surface area contributed by atoms with E-state index < -0.39 is 67.3 Å². The second kappa shape index (κ2) is 50.0. The summed E-state index contributed by atoms with van der Waals surface area (Å²) in [6.07, 6.45) is 56.1. The van der Waals surface area contributed by atoms with Crippen molar-refractivity contribution in [2.75, 3.05) is 13.2 Å². The van der Waals surface area contributed by atoms with Gasteiger partial charge in [-0.25, -0.2) is 4.79 Å². The smallest absolute Gasteiger partial charge is 0.335 e. The average molecular weight is 1050 g/mol. The first-order chi connectivity index (χ1) is 36.6. The molecule has 0 spiro atoms. The molecule has 6 atom stereocenters. The number of aliphatic hydroxyl groups excluding tert-OH is 2. The molecule has 6 unspecified atom stereocenters. The summed E-state index contributed by atoms with van der Waals surface area (Å²) in [5.74, 6) is -3.26. The number of carboxylic acid groups (broad SMARTS) is 1. The maximum atomic E-state index is 13.1. The molecule has 0 aromatic heterocycles. The molecule has 1 heterocycles. The summed E-state index contributed by atoms with van der Waals surface area (Å²) in [4.78, 5) is 51.0. The molecule has 1 rings (SSSR count). The van der Waals surface area contributed by atoms with Crippen LogP contribution in [0, 0.1) is 0 Å². The predicted octanol–water partition coefficient (Wildman–Crippen LogP) is 14.4. The SMILES string of the molecule is CC/C=C\C/C=C\C/C=C\C/C=C\C/C=C\CCCC(=O)OC1C(OCC(COC(=O)CCCCCC/C=C\C/C=C\C/C=C\C/C=C\CC)OC(=O)CCCCCCC/C=C\CCCC)OC(C(=O)O)C(O)C1O. The van der Waals surface area contributed by atoms with Gasteiger partial charge in [0.15, 0.2) is 24.6 Å². The number of carbonyl (C=O) groups excluding carboxylic acids is 3. The number of ether oxygens (including phenoxy) is 5. The quantitative estimate of drug-likeness (QED) is 0.0228. The highest BCUT2D eigenvalue weighted by Crippen LogP contribution is 2.26. The summed E-state index contributed by atoms with van der Waals surface area (Å²) >= 11 is 0. The standard InChI is InChI=1S/C63H98O12/c1-4-7-10-13-16-19-22-24-26-28-30-32-35-37-40-43-46-49-55(64)71-52-54(73-56(65)50-47-44-41-38-34-21-18-15-12-9-6-3)53-72-63-61(59(68)58(67)60(75-63)62(69)70)74-57(66)51-48-45-42-39-36-33-31-29-27-25-23-20-17-14-11-8-5-2/h7-8,10-11,15-20,24-27,30-33,39,42,54,58-61,63,67-68H,4-6,9,12-14,21-23,28-29,34-38,40-41,43-53H2,1-3H3,(H,69,70)/b10-7-,11-8-,18-15-,19-16-,20-17-,26-24-,27-25-,32-30-,33-31-,42-39-. The summed E-state index contributed by atoms with van der Waals surface area (Å²) < 4.78 is 28.3. The zero-order valence-corrected chi connectivity index (χ0v) is 46.2. The highest BCUT2D eigenvalue weighted by molar-refractivity contribution is 5.74. The van der Waals surface area contributed by atoms with Crippen LogP contribution in [-0.4, -0.2) is 89.2 Å². The van der Waals surface area contributed by atoms with Crippen LogP contribution < -0.4 is 0 Å². The summed E-state index contributed by atoms with van der Waals surface area (Å²) in [5, 5.41) is 31.4. The number of hydrogen-bond acceptors (Lipinski definition) is 11. The number of aliphatic hydroxyl groups is 2. The molecule has 3 N–H and O–H groups in total. The van der Waals surface area contributed by atoms with Crippen molar-refractivity contribution < 1.29 is 58.2 Å². The van der Waals surface area contributed by atoms with E-state index in [-0.39, 0.29) is 25.9 Å². The minimum Gasteiger partial charge on any atom is -0.479 e. The minimum absolute atomic E-state index is 0.0275. The molecule has 1 aliphatic rings. The lowest BCUT2D eigenvalue weighted by molar-refractivity contribution is -0.301.